The molecule has 1 aromatic rings. The van der Waals surface area contributed by atoms with E-state index >= 15 is 0 Å². The SMILES string of the molecule is CC[C@H]1OC(=O)[C@H](C)[C@@H](OC2C[C@@](C)(OC)[C@@H](O)[C@H](C)O2)[C@H](C)C(O[C@@H]2O[C@H](C)C[C@H](N(C)C)[C@H]2O)[C@]2(O)C[C@@]2(C)CN(CCCOC(=O)C(CCC(=O)OC)NC(=O)c2ccc(N(C)CC3CNC4NC(N)NC(N)=C4N3)cc2)[C@H](C)[C@@H](O)[C@]1(C)O. The molecule has 1 aliphatic carbocycles. The first-order valence-corrected chi connectivity index (χ1v) is 30.7. The Bertz CT molecular complexity index is 2540. The molecule has 27 heteroatoms. The highest BCUT2D eigenvalue weighted by atomic mass is 16.7. The smallest absolute Gasteiger partial charge is 0.328 e. The number of nitrogens with two attached hydrogens (primary N) is 2. The van der Waals surface area contributed by atoms with Gasteiger partial charge in [0.2, 0.25) is 0 Å². The van der Waals surface area contributed by atoms with Crippen LogP contribution < -0.4 is 43.0 Å². The van der Waals surface area contributed by atoms with Gasteiger partial charge >= 0.3 is 17.9 Å². The third-order valence-corrected chi connectivity index (χ3v) is 19.2. The zero-order valence-corrected chi connectivity index (χ0v) is 53.3. The van der Waals surface area contributed by atoms with Crippen LogP contribution in [0, 0.1) is 17.3 Å². The average molecular weight is 1240 g/mol. The van der Waals surface area contributed by atoms with Gasteiger partial charge in [-0.25, -0.2) is 4.79 Å². The van der Waals surface area contributed by atoms with Gasteiger partial charge in [-0.05, 0) is 112 Å². The number of aliphatic hydroxyl groups is 5. The number of cyclic esters (lactones) is 1. The zero-order chi connectivity index (χ0) is 64.2. The summed E-state index contributed by atoms with van der Waals surface area (Å²) in [5.74, 6) is -4.30. The van der Waals surface area contributed by atoms with Gasteiger partial charge in [-0.1, -0.05) is 20.8 Å². The number of carbonyl (C=O) groups excluding carboxylic acids is 4. The van der Waals surface area contributed by atoms with Crippen molar-refractivity contribution in [3.05, 3.63) is 41.3 Å². The number of aliphatic hydroxyl groups excluding tert-OH is 3. The normalized spacial score (nSPS) is 39.8. The van der Waals surface area contributed by atoms with Gasteiger partial charge in [-0.15, -0.1) is 0 Å². The minimum Gasteiger partial charge on any atom is -0.469 e. The largest absolute Gasteiger partial charge is 0.469 e. The van der Waals surface area contributed by atoms with Crippen LogP contribution in [0.1, 0.15) is 118 Å². The summed E-state index contributed by atoms with van der Waals surface area (Å²) in [4.78, 5) is 60.7. The first kappa shape index (κ1) is 69.9. The number of rotatable bonds is 20. The third-order valence-electron chi connectivity index (χ3n) is 19.2. The van der Waals surface area contributed by atoms with Gasteiger partial charge in [-0.3, -0.25) is 35.7 Å². The maximum Gasteiger partial charge on any atom is 0.328 e. The van der Waals surface area contributed by atoms with Gasteiger partial charge in [0.05, 0.1) is 67.0 Å². The van der Waals surface area contributed by atoms with Crippen molar-refractivity contribution in [3.8, 4) is 0 Å². The second-order valence-electron chi connectivity index (χ2n) is 26.1. The van der Waals surface area contributed by atoms with Crippen molar-refractivity contribution in [2.45, 2.75) is 222 Å². The molecular formula is C60H102N10O17. The lowest BCUT2D eigenvalue weighted by molar-refractivity contribution is -0.314. The molecule has 0 aromatic heterocycles. The quantitative estimate of drug-likeness (QED) is 0.0432. The van der Waals surface area contributed by atoms with Crippen LogP contribution in [0.25, 0.3) is 0 Å². The number of benzene rings is 1. The number of piperazine rings is 1. The van der Waals surface area contributed by atoms with E-state index in [9.17, 15) is 44.7 Å². The van der Waals surface area contributed by atoms with Crippen molar-refractivity contribution in [2.75, 3.05) is 73.0 Å². The first-order chi connectivity index (χ1) is 40.8. The summed E-state index contributed by atoms with van der Waals surface area (Å²) >= 11 is 0. The zero-order valence-electron chi connectivity index (χ0n) is 53.3. The summed E-state index contributed by atoms with van der Waals surface area (Å²) in [5, 5.41) is 76.8. The van der Waals surface area contributed by atoms with Crippen LogP contribution in [-0.2, 0) is 52.3 Å². The predicted octanol–water partition coefficient (Wildman–Crippen LogP) is -0.794. The van der Waals surface area contributed by atoms with Crippen LogP contribution in [0.3, 0.4) is 0 Å². The molecule has 27 nitrogen and oxygen atoms in total. The number of likely N-dealkylation sites (N-methyl/N-ethyl adjacent to an activating group) is 2. The number of nitrogens with one attached hydrogen (secondary N) is 5. The highest BCUT2D eigenvalue weighted by molar-refractivity contribution is 5.97. The Morgan fingerprint density at radius 3 is 2.30 bits per heavy atom. The van der Waals surface area contributed by atoms with Crippen LogP contribution in [-0.4, -0.2) is 242 Å². The second kappa shape index (κ2) is 28.7. The highest BCUT2D eigenvalue weighted by Gasteiger charge is 2.71. The minimum atomic E-state index is -2.04. The fourth-order valence-electron chi connectivity index (χ4n) is 13.4. The minimum absolute atomic E-state index is 0.0202. The molecule has 0 spiro atoms. The monoisotopic (exact) mass is 1230 g/mol. The number of hydrogen-bond acceptors (Lipinski definition) is 26. The molecule has 6 aliphatic rings. The molecule has 1 aromatic carbocycles. The van der Waals surface area contributed by atoms with E-state index in [1.165, 1.54) is 21.1 Å². The topological polar surface area (TPSA) is 365 Å². The van der Waals surface area contributed by atoms with Crippen molar-refractivity contribution in [3.63, 3.8) is 0 Å². The fraction of sp³-hybridized carbons (Fsp3) is 0.800. The molecule has 6 unspecified atom stereocenters. The lowest BCUT2D eigenvalue weighted by atomic mass is 9.81. The number of nitrogens with zero attached hydrogens (tertiary/aromatic N) is 3. The van der Waals surface area contributed by atoms with E-state index in [0.29, 0.717) is 25.3 Å². The van der Waals surface area contributed by atoms with Crippen molar-refractivity contribution in [2.24, 2.45) is 28.7 Å². The van der Waals surface area contributed by atoms with Crippen LogP contribution >= 0.6 is 0 Å². The average Bonchev–Trinajstić information content (AvgIpc) is 1.54. The summed E-state index contributed by atoms with van der Waals surface area (Å²) < 4.78 is 49.0. The molecular weight excluding hydrogens is 1130 g/mol. The Hall–Kier alpha value is -4.56. The maximum absolute atomic E-state index is 14.7. The van der Waals surface area contributed by atoms with Crippen LogP contribution in [0.5, 0.6) is 0 Å². The summed E-state index contributed by atoms with van der Waals surface area (Å²) in [5.41, 5.74) is 8.14. The number of carbonyl (C=O) groups is 4. The van der Waals surface area contributed by atoms with Crippen LogP contribution in [0.15, 0.2) is 35.8 Å². The van der Waals surface area contributed by atoms with E-state index in [2.05, 4.69) is 26.6 Å². The second-order valence-corrected chi connectivity index (χ2v) is 26.1. The predicted molar refractivity (Wildman–Crippen MR) is 318 cm³/mol. The molecule has 5 fully saturated rings. The number of esters is 3. The number of methoxy groups -OCH3 is 2. The Morgan fingerprint density at radius 1 is 0.966 bits per heavy atom. The Labute approximate surface area is 512 Å². The molecule has 1 saturated carbocycles. The summed E-state index contributed by atoms with van der Waals surface area (Å²) in [6, 6.07) is 4.32. The van der Waals surface area contributed by atoms with Gasteiger partial charge in [0.15, 0.2) is 12.6 Å². The molecule has 5 heterocycles. The molecule has 14 N–H and O–H groups in total. The number of anilines is 1. The molecule has 5 aliphatic heterocycles. The lowest BCUT2D eigenvalue weighted by Crippen LogP contribution is -2.69. The Morgan fingerprint density at radius 2 is 1.66 bits per heavy atom. The molecule has 87 heavy (non-hydrogen) atoms. The van der Waals surface area contributed by atoms with Crippen molar-refractivity contribution < 1.29 is 82.6 Å². The number of amides is 1. The molecule has 7 rings (SSSR count). The standard InChI is InChI=1S/C60H102N10O17/c1-15-41-59(9,78)47(73)34(5)70(23-16-24-82-54(77)39(21-22-42(71)80-13)65-52(75)36-17-19-38(20-18-36)69(12)28-37-27-63-51-44(64-37)50(61)66-56(62)67-51)30-57(7)29-60(57,79)49(87-55-45(72)40(68(10)11)25-31(2)83-55)32(3)46(33(4)53(76)85-41)86-43-26-58(8,81-14)48(74)35(6)84-43/h17-20,31-35,37,39-41,43,45-49,51,55-56,63-64,66-67,72-74,78-79H,15-16,21-30,61-62H2,1-14H3,(H,65,75)/t31-,32+,33-,34-,35+,37?,39?,40+,41-,43?,45-,46+,47-,48+,49?,51?,55+,56?,57+,58-,59-,60-/m1/s1. The van der Waals surface area contributed by atoms with Gasteiger partial charge in [0.25, 0.3) is 5.91 Å². The molecule has 0 bridgehead atoms. The fourth-order valence-corrected chi connectivity index (χ4v) is 13.4. The Balaban J connectivity index is 1.10. The molecule has 494 valence electrons. The number of hydrogen-bond donors (Lipinski definition) is 12. The van der Waals surface area contributed by atoms with E-state index < -0.39 is 132 Å². The summed E-state index contributed by atoms with van der Waals surface area (Å²) in [7, 11) is 8.33. The Kier molecular flexibility index (Phi) is 23.1. The lowest BCUT2D eigenvalue weighted by Gasteiger charge is -2.48. The number of ether oxygens (including phenoxy) is 8. The molecule has 0 radical (unpaired) electrons. The van der Waals surface area contributed by atoms with E-state index in [-0.39, 0.29) is 88.1 Å². The van der Waals surface area contributed by atoms with Gasteiger partial charge in [-0.2, -0.15) is 0 Å². The van der Waals surface area contributed by atoms with Crippen LogP contribution in [0.4, 0.5) is 5.69 Å². The summed E-state index contributed by atoms with van der Waals surface area (Å²) in [6.45, 7) is 16.6. The maximum atomic E-state index is 14.7. The van der Waals surface area contributed by atoms with E-state index in [1.807, 2.05) is 49.7 Å². The van der Waals surface area contributed by atoms with Gasteiger partial charge < -0.3 is 94.9 Å². The molecule has 1 amide bonds. The van der Waals surface area contributed by atoms with E-state index in [1.54, 1.807) is 65.8 Å². The third kappa shape index (κ3) is 15.8. The van der Waals surface area contributed by atoms with Gasteiger partial charge in [0.1, 0.15) is 54.3 Å². The first-order valence-electron chi connectivity index (χ1n) is 30.7. The van der Waals surface area contributed by atoms with Crippen molar-refractivity contribution >= 4 is 29.5 Å². The highest BCUT2D eigenvalue weighted by Crippen LogP contribution is 2.61. The van der Waals surface area contributed by atoms with Crippen molar-refractivity contribution in [1.29, 1.82) is 0 Å². The number of fused-ring (bicyclic) bond motifs is 2. The van der Waals surface area contributed by atoms with E-state index in [4.69, 9.17) is 49.4 Å². The van der Waals surface area contributed by atoms with E-state index in [0.717, 1.165) is 11.4 Å². The molecule has 4 saturated heterocycles. The van der Waals surface area contributed by atoms with Crippen LogP contribution in [0.2, 0.25) is 0 Å². The van der Waals surface area contributed by atoms with Gasteiger partial charge in [0, 0.05) is 87.8 Å². The summed E-state index contributed by atoms with van der Waals surface area (Å²) in [6.07, 6.45) is -10.8. The van der Waals surface area contributed by atoms with Crippen molar-refractivity contribution in [1.82, 2.24) is 36.4 Å². The molecule has 22 atom stereocenters.